The highest BCUT2D eigenvalue weighted by Crippen LogP contribution is 2.30. The van der Waals surface area contributed by atoms with Gasteiger partial charge in [0.2, 0.25) is 10.0 Å². The molecule has 0 radical (unpaired) electrons. The molecular formula is C13H19F2N3O2S. The van der Waals surface area contributed by atoms with E-state index >= 15 is 0 Å². The normalized spacial score (nSPS) is 20.3. The number of anilines is 1. The van der Waals surface area contributed by atoms with Gasteiger partial charge in [0.1, 0.15) is 11.6 Å². The third kappa shape index (κ3) is 3.17. The number of rotatable bonds is 4. The maximum absolute atomic E-state index is 13.9. The molecule has 2 rings (SSSR count). The lowest BCUT2D eigenvalue weighted by Crippen LogP contribution is -2.41. The van der Waals surface area contributed by atoms with E-state index in [-0.39, 0.29) is 18.3 Å². The molecule has 1 aromatic rings. The molecule has 21 heavy (non-hydrogen) atoms. The fourth-order valence-electron chi connectivity index (χ4n) is 2.67. The molecule has 8 heteroatoms. The Morgan fingerprint density at radius 3 is 2.43 bits per heavy atom. The van der Waals surface area contributed by atoms with Crippen molar-refractivity contribution in [2.45, 2.75) is 23.8 Å². The first-order valence-electron chi connectivity index (χ1n) is 6.64. The maximum atomic E-state index is 13.9. The predicted molar refractivity (Wildman–Crippen MR) is 76.2 cm³/mol. The van der Waals surface area contributed by atoms with Crippen molar-refractivity contribution in [1.29, 1.82) is 0 Å². The van der Waals surface area contributed by atoms with E-state index in [9.17, 15) is 17.2 Å². The monoisotopic (exact) mass is 319 g/mol. The van der Waals surface area contributed by atoms with Gasteiger partial charge < -0.3 is 10.6 Å². The van der Waals surface area contributed by atoms with Crippen molar-refractivity contribution < 1.29 is 17.2 Å². The smallest absolute Gasteiger partial charge is 0.249 e. The highest BCUT2D eigenvalue weighted by Gasteiger charge is 2.38. The van der Waals surface area contributed by atoms with E-state index in [1.54, 1.807) is 0 Å². The van der Waals surface area contributed by atoms with E-state index in [1.807, 2.05) is 19.0 Å². The Hall–Kier alpha value is -1.25. The van der Waals surface area contributed by atoms with Crippen molar-refractivity contribution in [3.63, 3.8) is 0 Å². The van der Waals surface area contributed by atoms with E-state index in [0.29, 0.717) is 19.4 Å². The molecule has 1 saturated heterocycles. The first-order valence-corrected chi connectivity index (χ1v) is 8.08. The Kier molecular flexibility index (Phi) is 4.50. The lowest BCUT2D eigenvalue weighted by Gasteiger charge is -2.26. The average Bonchev–Trinajstić information content (AvgIpc) is 2.74. The summed E-state index contributed by atoms with van der Waals surface area (Å²) in [5.74, 6) is -2.30. The van der Waals surface area contributed by atoms with Crippen molar-refractivity contribution in [2.24, 2.45) is 0 Å². The SMILES string of the molecule is CN(C)CC1CCCN1S(=O)(=O)c1c(F)cc(N)cc1F. The van der Waals surface area contributed by atoms with Gasteiger partial charge in [-0.3, -0.25) is 0 Å². The van der Waals surface area contributed by atoms with Crippen LogP contribution in [0.15, 0.2) is 17.0 Å². The predicted octanol–water partition coefficient (Wildman–Crippen LogP) is 1.26. The Balaban J connectivity index is 2.43. The molecule has 5 nitrogen and oxygen atoms in total. The van der Waals surface area contributed by atoms with Crippen molar-refractivity contribution in [2.75, 3.05) is 32.9 Å². The first-order chi connectivity index (χ1) is 9.73. The number of nitrogens with two attached hydrogens (primary N) is 1. The van der Waals surface area contributed by atoms with Crippen LogP contribution in [0.5, 0.6) is 0 Å². The van der Waals surface area contributed by atoms with Crippen molar-refractivity contribution in [1.82, 2.24) is 9.21 Å². The van der Waals surface area contributed by atoms with E-state index < -0.39 is 26.6 Å². The average molecular weight is 319 g/mol. The third-order valence-electron chi connectivity index (χ3n) is 3.49. The zero-order chi connectivity index (χ0) is 15.8. The van der Waals surface area contributed by atoms with Crippen LogP contribution in [0.25, 0.3) is 0 Å². The van der Waals surface area contributed by atoms with Crippen molar-refractivity contribution in [3.8, 4) is 0 Å². The molecule has 0 spiro atoms. The highest BCUT2D eigenvalue weighted by molar-refractivity contribution is 7.89. The van der Waals surface area contributed by atoms with Gasteiger partial charge in [-0.05, 0) is 39.1 Å². The molecule has 0 saturated carbocycles. The molecule has 0 amide bonds. The van der Waals surface area contributed by atoms with Crippen LogP contribution in [0.3, 0.4) is 0 Å². The summed E-state index contributed by atoms with van der Waals surface area (Å²) in [4.78, 5) is 0.941. The summed E-state index contributed by atoms with van der Waals surface area (Å²) in [6, 6.07) is 1.38. The van der Waals surface area contributed by atoms with Crippen LogP contribution < -0.4 is 5.73 Å². The summed E-state index contributed by atoms with van der Waals surface area (Å²) >= 11 is 0. The molecule has 0 bridgehead atoms. The summed E-state index contributed by atoms with van der Waals surface area (Å²) in [6.07, 6.45) is 1.35. The second-order valence-electron chi connectivity index (χ2n) is 5.49. The number of nitrogen functional groups attached to an aromatic ring is 1. The summed E-state index contributed by atoms with van der Waals surface area (Å²) in [6.45, 7) is 0.779. The molecule has 2 N–H and O–H groups in total. The minimum absolute atomic E-state index is 0.143. The van der Waals surface area contributed by atoms with E-state index in [1.165, 1.54) is 4.31 Å². The molecule has 1 unspecified atom stereocenters. The molecule has 118 valence electrons. The Labute approximate surface area is 123 Å². The summed E-state index contributed by atoms with van der Waals surface area (Å²) in [7, 11) is -0.557. The summed E-state index contributed by atoms with van der Waals surface area (Å²) in [5.41, 5.74) is 5.18. The second-order valence-corrected chi connectivity index (χ2v) is 7.32. The van der Waals surface area contributed by atoms with Crippen LogP contribution in [0, 0.1) is 11.6 Å². The molecule has 1 fully saturated rings. The Morgan fingerprint density at radius 2 is 1.90 bits per heavy atom. The topological polar surface area (TPSA) is 66.6 Å². The van der Waals surface area contributed by atoms with Gasteiger partial charge in [-0.25, -0.2) is 17.2 Å². The van der Waals surface area contributed by atoms with Gasteiger partial charge in [0.15, 0.2) is 4.90 Å². The maximum Gasteiger partial charge on any atom is 0.249 e. The lowest BCUT2D eigenvalue weighted by molar-refractivity contribution is 0.290. The van der Waals surface area contributed by atoms with Crippen LogP contribution in [-0.4, -0.2) is 50.8 Å². The standard InChI is InChI=1S/C13H19F2N3O2S/c1-17(2)8-10-4-3-5-18(10)21(19,20)13-11(14)6-9(16)7-12(13)15/h6-7,10H,3-5,8,16H2,1-2H3. The van der Waals surface area contributed by atoms with Gasteiger partial charge >= 0.3 is 0 Å². The molecule has 1 atom stereocenters. The lowest BCUT2D eigenvalue weighted by atomic mass is 10.2. The van der Waals surface area contributed by atoms with Gasteiger partial charge in [0, 0.05) is 24.8 Å². The third-order valence-corrected chi connectivity index (χ3v) is 5.49. The summed E-state index contributed by atoms with van der Waals surface area (Å²) < 4.78 is 54.1. The van der Waals surface area contributed by atoms with Gasteiger partial charge in [-0.1, -0.05) is 0 Å². The van der Waals surface area contributed by atoms with Crippen molar-refractivity contribution in [3.05, 3.63) is 23.8 Å². The van der Waals surface area contributed by atoms with Crippen LogP contribution in [-0.2, 0) is 10.0 Å². The van der Waals surface area contributed by atoms with E-state index in [2.05, 4.69) is 0 Å². The fourth-order valence-corrected chi connectivity index (χ4v) is 4.45. The van der Waals surface area contributed by atoms with Crippen LogP contribution in [0.4, 0.5) is 14.5 Å². The van der Waals surface area contributed by atoms with Crippen molar-refractivity contribution >= 4 is 15.7 Å². The summed E-state index contributed by atoms with van der Waals surface area (Å²) in [5, 5.41) is 0. The van der Waals surface area contributed by atoms with E-state index in [0.717, 1.165) is 12.1 Å². The minimum atomic E-state index is -4.21. The van der Waals surface area contributed by atoms with Crippen LogP contribution in [0.2, 0.25) is 0 Å². The van der Waals surface area contributed by atoms with Gasteiger partial charge in [0.05, 0.1) is 0 Å². The molecule has 1 aliphatic rings. The first kappa shape index (κ1) is 16.1. The number of nitrogens with zero attached hydrogens (tertiary/aromatic N) is 2. The molecule has 1 aliphatic heterocycles. The molecule has 1 aromatic carbocycles. The number of sulfonamides is 1. The van der Waals surface area contributed by atoms with Gasteiger partial charge in [0.25, 0.3) is 0 Å². The Bertz CT molecular complexity index is 611. The fraction of sp³-hybridized carbons (Fsp3) is 0.538. The second kappa shape index (κ2) is 5.86. The number of hydrogen-bond acceptors (Lipinski definition) is 4. The van der Waals surface area contributed by atoms with Crippen LogP contribution in [0.1, 0.15) is 12.8 Å². The highest BCUT2D eigenvalue weighted by atomic mass is 32.2. The minimum Gasteiger partial charge on any atom is -0.399 e. The quantitative estimate of drug-likeness (QED) is 0.849. The zero-order valence-electron chi connectivity index (χ0n) is 12.0. The number of halogens is 2. The Morgan fingerprint density at radius 1 is 1.33 bits per heavy atom. The number of likely N-dealkylation sites (N-methyl/N-ethyl adjacent to an activating group) is 1. The molecule has 0 aromatic heterocycles. The van der Waals surface area contributed by atoms with Gasteiger partial charge in [-0.15, -0.1) is 0 Å². The number of benzene rings is 1. The zero-order valence-corrected chi connectivity index (χ0v) is 12.8. The van der Waals surface area contributed by atoms with Crippen LogP contribution >= 0.6 is 0 Å². The number of hydrogen-bond donors (Lipinski definition) is 1. The van der Waals surface area contributed by atoms with Gasteiger partial charge in [-0.2, -0.15) is 4.31 Å². The molecule has 0 aliphatic carbocycles. The largest absolute Gasteiger partial charge is 0.399 e. The van der Waals surface area contributed by atoms with E-state index in [4.69, 9.17) is 5.73 Å². The molecular weight excluding hydrogens is 300 g/mol. The molecule has 1 heterocycles.